The van der Waals surface area contributed by atoms with E-state index in [1.165, 1.54) is 10.7 Å². The number of pyridine rings is 1. The van der Waals surface area contributed by atoms with Crippen molar-refractivity contribution in [3.8, 4) is 5.82 Å². The third-order valence-corrected chi connectivity index (χ3v) is 3.13. The number of nitrogens with zero attached hydrogens (tertiary/aromatic N) is 3. The van der Waals surface area contributed by atoms with Gasteiger partial charge in [-0.15, -0.1) is 0 Å². The molecule has 1 aromatic carbocycles. The summed E-state index contributed by atoms with van der Waals surface area (Å²) in [6.07, 6.45) is 3.35. The number of para-hydroxylation sites is 1. The fraction of sp³-hybridized carbons (Fsp3) is 0. The molecule has 0 radical (unpaired) electrons. The number of rotatable bonds is 2. The van der Waals surface area contributed by atoms with Crippen LogP contribution in [0.1, 0.15) is 10.4 Å². The molecular weight excluding hydrogens is 310 g/mol. The van der Waals surface area contributed by atoms with Crippen molar-refractivity contribution >= 4 is 32.8 Å². The van der Waals surface area contributed by atoms with Crippen LogP contribution in [-0.4, -0.2) is 25.8 Å². The Hall–Kier alpha value is -2.21. The molecule has 6 heteroatoms. The molecule has 94 valence electrons. The average molecular weight is 318 g/mol. The van der Waals surface area contributed by atoms with Gasteiger partial charge in [0.2, 0.25) is 0 Å². The van der Waals surface area contributed by atoms with Crippen molar-refractivity contribution in [2.45, 2.75) is 0 Å². The molecule has 19 heavy (non-hydrogen) atoms. The van der Waals surface area contributed by atoms with Crippen LogP contribution >= 0.6 is 15.9 Å². The number of fused-ring (bicyclic) bond motifs is 1. The lowest BCUT2D eigenvalue weighted by molar-refractivity contribution is 0.0699. The Morgan fingerprint density at radius 2 is 2.11 bits per heavy atom. The highest BCUT2D eigenvalue weighted by atomic mass is 79.9. The van der Waals surface area contributed by atoms with Gasteiger partial charge in [-0.2, -0.15) is 5.10 Å². The van der Waals surface area contributed by atoms with E-state index in [-0.39, 0.29) is 5.56 Å². The van der Waals surface area contributed by atoms with Crippen LogP contribution in [0.15, 0.2) is 47.2 Å². The van der Waals surface area contributed by atoms with Crippen molar-refractivity contribution in [1.29, 1.82) is 0 Å². The summed E-state index contributed by atoms with van der Waals surface area (Å²) in [6, 6.07) is 8.66. The van der Waals surface area contributed by atoms with E-state index >= 15 is 0 Å². The van der Waals surface area contributed by atoms with Gasteiger partial charge in [-0.05, 0) is 28.1 Å². The van der Waals surface area contributed by atoms with Crippen LogP contribution in [0.3, 0.4) is 0 Å². The standard InChI is InChI=1S/C13H8BrN3O2/c14-8-6-15-17(7-8)12-5-10(13(18)19)9-3-1-2-4-11(9)16-12/h1-7H,(H,18,19). The molecule has 0 aliphatic carbocycles. The largest absolute Gasteiger partial charge is 0.478 e. The monoisotopic (exact) mass is 317 g/mol. The zero-order valence-corrected chi connectivity index (χ0v) is 11.2. The maximum Gasteiger partial charge on any atom is 0.336 e. The number of carboxylic acid groups (broad SMARTS) is 1. The second kappa shape index (κ2) is 4.47. The van der Waals surface area contributed by atoms with E-state index in [2.05, 4.69) is 26.0 Å². The van der Waals surface area contributed by atoms with Gasteiger partial charge in [0, 0.05) is 11.6 Å². The summed E-state index contributed by atoms with van der Waals surface area (Å²) >= 11 is 3.30. The van der Waals surface area contributed by atoms with Crippen LogP contribution in [0.25, 0.3) is 16.7 Å². The van der Waals surface area contributed by atoms with Crippen LogP contribution in [0.5, 0.6) is 0 Å². The maximum absolute atomic E-state index is 11.3. The lowest BCUT2D eigenvalue weighted by Crippen LogP contribution is -2.04. The van der Waals surface area contributed by atoms with E-state index in [0.29, 0.717) is 16.7 Å². The van der Waals surface area contributed by atoms with Crippen LogP contribution in [-0.2, 0) is 0 Å². The highest BCUT2D eigenvalue weighted by Crippen LogP contribution is 2.20. The molecule has 0 saturated carbocycles. The molecular formula is C13H8BrN3O2. The topological polar surface area (TPSA) is 68.0 Å². The second-order valence-electron chi connectivity index (χ2n) is 3.95. The lowest BCUT2D eigenvalue weighted by Gasteiger charge is -2.06. The Morgan fingerprint density at radius 3 is 2.79 bits per heavy atom. The third kappa shape index (κ3) is 2.10. The Balaban J connectivity index is 2.30. The van der Waals surface area contributed by atoms with Crippen LogP contribution in [0.2, 0.25) is 0 Å². The number of carbonyl (C=O) groups is 1. The van der Waals surface area contributed by atoms with E-state index < -0.39 is 5.97 Å². The van der Waals surface area contributed by atoms with Crippen LogP contribution < -0.4 is 0 Å². The van der Waals surface area contributed by atoms with E-state index in [1.54, 1.807) is 30.6 Å². The van der Waals surface area contributed by atoms with Gasteiger partial charge in [0.05, 0.1) is 21.7 Å². The fourth-order valence-corrected chi connectivity index (χ4v) is 2.17. The van der Waals surface area contributed by atoms with Gasteiger partial charge >= 0.3 is 5.97 Å². The van der Waals surface area contributed by atoms with Crippen molar-refractivity contribution in [2.75, 3.05) is 0 Å². The maximum atomic E-state index is 11.3. The minimum atomic E-state index is -0.980. The predicted octanol–water partition coefficient (Wildman–Crippen LogP) is 2.88. The molecule has 2 aromatic heterocycles. The number of aromatic carboxylic acids is 1. The normalized spacial score (nSPS) is 10.8. The highest BCUT2D eigenvalue weighted by Gasteiger charge is 2.12. The van der Waals surface area contributed by atoms with Crippen molar-refractivity contribution in [3.63, 3.8) is 0 Å². The number of benzene rings is 1. The molecule has 0 amide bonds. The molecule has 3 rings (SSSR count). The summed E-state index contributed by atoms with van der Waals surface area (Å²) in [5.74, 6) is -0.507. The minimum Gasteiger partial charge on any atom is -0.478 e. The third-order valence-electron chi connectivity index (χ3n) is 2.72. The van der Waals surface area contributed by atoms with Crippen molar-refractivity contribution in [3.05, 3.63) is 52.8 Å². The molecule has 0 bridgehead atoms. The molecule has 0 fully saturated rings. The summed E-state index contributed by atoms with van der Waals surface area (Å²) < 4.78 is 2.34. The molecule has 3 aromatic rings. The summed E-state index contributed by atoms with van der Waals surface area (Å²) in [5.41, 5.74) is 0.844. The van der Waals surface area contributed by atoms with Gasteiger partial charge in [-0.3, -0.25) is 0 Å². The van der Waals surface area contributed by atoms with Crippen molar-refractivity contribution in [1.82, 2.24) is 14.8 Å². The van der Waals surface area contributed by atoms with Crippen molar-refractivity contribution < 1.29 is 9.90 Å². The van der Waals surface area contributed by atoms with Crippen molar-refractivity contribution in [2.24, 2.45) is 0 Å². The Bertz CT molecular complexity index is 782. The fourth-order valence-electron chi connectivity index (χ4n) is 1.88. The van der Waals surface area contributed by atoms with Gasteiger partial charge in [0.15, 0.2) is 5.82 Å². The van der Waals surface area contributed by atoms with Gasteiger partial charge in [0.1, 0.15) is 0 Å². The predicted molar refractivity (Wildman–Crippen MR) is 73.5 cm³/mol. The zero-order valence-electron chi connectivity index (χ0n) is 9.62. The first-order valence-electron chi connectivity index (χ1n) is 5.49. The smallest absolute Gasteiger partial charge is 0.336 e. The number of carboxylic acids is 1. The van der Waals surface area contributed by atoms with Gasteiger partial charge in [-0.1, -0.05) is 18.2 Å². The number of aromatic nitrogens is 3. The number of hydrogen-bond donors (Lipinski definition) is 1. The highest BCUT2D eigenvalue weighted by molar-refractivity contribution is 9.10. The minimum absolute atomic E-state index is 0.215. The Labute approximate surface area is 116 Å². The van der Waals surface area contributed by atoms with E-state index in [9.17, 15) is 9.90 Å². The summed E-state index contributed by atoms with van der Waals surface area (Å²) in [5, 5.41) is 14.0. The zero-order chi connectivity index (χ0) is 13.4. The van der Waals surface area contributed by atoms with Gasteiger partial charge < -0.3 is 5.11 Å². The number of halogens is 1. The quantitative estimate of drug-likeness (QED) is 0.789. The van der Waals surface area contributed by atoms with E-state index in [0.717, 1.165) is 4.47 Å². The van der Waals surface area contributed by atoms with Gasteiger partial charge in [0.25, 0.3) is 0 Å². The SMILES string of the molecule is O=C(O)c1cc(-n2cc(Br)cn2)nc2ccccc12. The molecule has 0 aliphatic rings. The Kier molecular flexibility index (Phi) is 2.79. The van der Waals surface area contributed by atoms with Gasteiger partial charge in [-0.25, -0.2) is 14.5 Å². The molecule has 0 saturated heterocycles. The van der Waals surface area contributed by atoms with E-state index in [4.69, 9.17) is 0 Å². The first-order valence-corrected chi connectivity index (χ1v) is 6.28. The van der Waals surface area contributed by atoms with E-state index in [1.807, 2.05) is 6.07 Å². The van der Waals surface area contributed by atoms with Crippen LogP contribution in [0.4, 0.5) is 0 Å². The first-order chi connectivity index (χ1) is 9.15. The number of hydrogen-bond acceptors (Lipinski definition) is 3. The molecule has 0 unspecified atom stereocenters. The Morgan fingerprint density at radius 1 is 1.32 bits per heavy atom. The average Bonchev–Trinajstić information content (AvgIpc) is 2.84. The molecule has 0 aliphatic heterocycles. The molecule has 0 spiro atoms. The molecule has 5 nitrogen and oxygen atoms in total. The molecule has 2 heterocycles. The lowest BCUT2D eigenvalue weighted by atomic mass is 10.1. The van der Waals surface area contributed by atoms with Crippen LogP contribution in [0, 0.1) is 0 Å². The first kappa shape index (κ1) is 11.9. The molecule has 0 atom stereocenters. The summed E-state index contributed by atoms with van der Waals surface area (Å²) in [4.78, 5) is 15.8. The molecule has 1 N–H and O–H groups in total. The second-order valence-corrected chi connectivity index (χ2v) is 4.87. The summed E-state index contributed by atoms with van der Waals surface area (Å²) in [7, 11) is 0. The summed E-state index contributed by atoms with van der Waals surface area (Å²) in [6.45, 7) is 0.